The van der Waals surface area contributed by atoms with Crippen molar-refractivity contribution in [3.8, 4) is 10.6 Å². The zero-order valence-corrected chi connectivity index (χ0v) is 14.5. The Morgan fingerprint density at radius 2 is 2.27 bits per heavy atom. The maximum atomic E-state index is 12.3. The molecule has 0 bridgehead atoms. The molecular weight excluding hydrogens is 336 g/mol. The van der Waals surface area contributed by atoms with Crippen LogP contribution in [0.3, 0.4) is 0 Å². The molecule has 0 fully saturated rings. The molecule has 0 aliphatic heterocycles. The van der Waals surface area contributed by atoms with Crippen LogP contribution in [0.4, 0.5) is 5.69 Å². The Bertz CT molecular complexity index is 825. The van der Waals surface area contributed by atoms with Gasteiger partial charge < -0.3 is 10.8 Å². The van der Waals surface area contributed by atoms with Crippen LogP contribution in [0.25, 0.3) is 20.8 Å². The largest absolute Gasteiger partial charge is 0.396 e. The number of anilines is 1. The third kappa shape index (κ3) is 2.69. The molecule has 4 nitrogen and oxygen atoms in total. The minimum absolute atomic E-state index is 0.113. The molecule has 3 heterocycles. The van der Waals surface area contributed by atoms with Crippen LogP contribution in [0.2, 0.25) is 0 Å². The van der Waals surface area contributed by atoms with E-state index in [2.05, 4.69) is 4.98 Å². The monoisotopic (exact) mass is 352 g/mol. The summed E-state index contributed by atoms with van der Waals surface area (Å²) in [4.78, 5) is 6.44. The third-order valence-corrected chi connectivity index (χ3v) is 7.29. The average Bonchev–Trinajstić information content (AvgIpc) is 3.15. The maximum absolute atomic E-state index is 12.3. The van der Waals surface area contributed by atoms with Gasteiger partial charge in [-0.3, -0.25) is 4.21 Å². The Labute approximate surface area is 139 Å². The third-order valence-electron chi connectivity index (χ3n) is 3.29. The molecule has 0 saturated heterocycles. The zero-order valence-electron chi connectivity index (χ0n) is 12.0. The summed E-state index contributed by atoms with van der Waals surface area (Å²) in [6.07, 6.45) is 0.834. The summed E-state index contributed by atoms with van der Waals surface area (Å²) >= 11 is 2.97. The average molecular weight is 353 g/mol. The van der Waals surface area contributed by atoms with Crippen LogP contribution in [0, 0.1) is 0 Å². The van der Waals surface area contributed by atoms with Gasteiger partial charge in [0.2, 0.25) is 0 Å². The fraction of sp³-hybridized carbons (Fsp3) is 0.267. The lowest BCUT2D eigenvalue weighted by Gasteiger charge is -2.04. The Hall–Kier alpha value is -1.28. The van der Waals surface area contributed by atoms with E-state index in [1.54, 1.807) is 11.3 Å². The Morgan fingerprint density at radius 3 is 2.91 bits per heavy atom. The first-order valence-electron chi connectivity index (χ1n) is 6.90. The Morgan fingerprint density at radius 1 is 1.45 bits per heavy atom. The molecule has 1 unspecified atom stereocenters. The Balaban J connectivity index is 2.21. The summed E-state index contributed by atoms with van der Waals surface area (Å²) < 4.78 is 13.0. The van der Waals surface area contributed by atoms with E-state index in [-0.39, 0.29) is 6.61 Å². The summed E-state index contributed by atoms with van der Waals surface area (Å²) in [6.45, 7) is 1.88. The number of thiophene rings is 2. The minimum atomic E-state index is -1.11. The minimum Gasteiger partial charge on any atom is -0.396 e. The first-order chi connectivity index (χ1) is 10.7. The van der Waals surface area contributed by atoms with Crippen molar-refractivity contribution in [3.05, 3.63) is 29.1 Å². The van der Waals surface area contributed by atoms with E-state index in [9.17, 15) is 9.32 Å². The van der Waals surface area contributed by atoms with Gasteiger partial charge in [0.15, 0.2) is 0 Å². The first-order valence-corrected chi connectivity index (χ1v) is 9.92. The van der Waals surface area contributed by atoms with Gasteiger partial charge in [-0.2, -0.15) is 0 Å². The van der Waals surface area contributed by atoms with Gasteiger partial charge in [0, 0.05) is 11.1 Å². The van der Waals surface area contributed by atoms with Gasteiger partial charge in [0.1, 0.15) is 9.04 Å². The van der Waals surface area contributed by atoms with Gasteiger partial charge in [-0.15, -0.1) is 22.7 Å². The van der Waals surface area contributed by atoms with E-state index in [1.165, 1.54) is 11.3 Å². The van der Waals surface area contributed by atoms with Crippen LogP contribution in [-0.4, -0.2) is 20.1 Å². The van der Waals surface area contributed by atoms with Gasteiger partial charge in [-0.25, -0.2) is 4.98 Å². The molecule has 0 radical (unpaired) electrons. The molecule has 0 amide bonds. The van der Waals surface area contributed by atoms with Crippen molar-refractivity contribution in [2.75, 3.05) is 11.5 Å². The number of nitrogens with two attached hydrogens (primary N) is 1. The van der Waals surface area contributed by atoms with Crippen LogP contribution >= 0.6 is 22.7 Å². The number of pyridine rings is 1. The second-order valence-electron chi connectivity index (χ2n) is 4.84. The van der Waals surface area contributed by atoms with Crippen LogP contribution in [0.1, 0.15) is 18.9 Å². The zero-order chi connectivity index (χ0) is 15.7. The van der Waals surface area contributed by atoms with E-state index < -0.39 is 10.8 Å². The maximum Gasteiger partial charge on any atom is 0.127 e. The molecule has 0 aromatic carbocycles. The van der Waals surface area contributed by atoms with Crippen LogP contribution < -0.4 is 5.73 Å². The van der Waals surface area contributed by atoms with Crippen molar-refractivity contribution in [2.24, 2.45) is 0 Å². The Kier molecular flexibility index (Phi) is 4.58. The number of aliphatic hydroxyl groups excluding tert-OH is 1. The number of hydrogen-bond acceptors (Lipinski definition) is 6. The summed E-state index contributed by atoms with van der Waals surface area (Å²) in [5, 5.41) is 12.4. The highest BCUT2D eigenvalue weighted by Gasteiger charge is 2.19. The topological polar surface area (TPSA) is 76.2 Å². The molecule has 0 saturated carbocycles. The molecule has 22 heavy (non-hydrogen) atoms. The fourth-order valence-electron chi connectivity index (χ4n) is 2.30. The molecular formula is C15H16N2O2S3. The predicted molar refractivity (Wildman–Crippen MR) is 94.8 cm³/mol. The van der Waals surface area contributed by atoms with Crippen molar-refractivity contribution in [1.29, 1.82) is 0 Å². The van der Waals surface area contributed by atoms with Crippen molar-refractivity contribution >= 4 is 49.4 Å². The lowest BCUT2D eigenvalue weighted by molar-refractivity contribution is 0.283. The van der Waals surface area contributed by atoms with Gasteiger partial charge in [-0.05, 0) is 29.5 Å². The number of aromatic nitrogens is 1. The predicted octanol–water partition coefficient (Wildman–Crippen LogP) is 3.62. The molecule has 0 spiro atoms. The standard InChI is InChI=1S/C15H16N2O2S3/c1-2-6-22(19)15-13(16)12-9(8-18)7-10(17-14(12)21-15)11-4-3-5-20-11/h3-5,7,18H,2,6,8,16H2,1H3. The second kappa shape index (κ2) is 6.45. The highest BCUT2D eigenvalue weighted by molar-refractivity contribution is 7.87. The van der Waals surface area contributed by atoms with E-state index in [0.717, 1.165) is 32.8 Å². The van der Waals surface area contributed by atoms with Crippen molar-refractivity contribution in [3.63, 3.8) is 0 Å². The number of nitrogen functional groups attached to an aromatic ring is 1. The summed E-state index contributed by atoms with van der Waals surface area (Å²) in [5.41, 5.74) is 8.24. The van der Waals surface area contributed by atoms with Crippen molar-refractivity contribution in [2.45, 2.75) is 24.2 Å². The van der Waals surface area contributed by atoms with E-state index in [0.29, 0.717) is 15.6 Å². The lowest BCUT2D eigenvalue weighted by atomic mass is 10.1. The quantitative estimate of drug-likeness (QED) is 0.735. The van der Waals surface area contributed by atoms with E-state index in [1.807, 2.05) is 30.5 Å². The molecule has 1 atom stereocenters. The normalized spacial score (nSPS) is 12.8. The lowest BCUT2D eigenvalue weighted by Crippen LogP contribution is -1.98. The number of fused-ring (bicyclic) bond motifs is 1. The van der Waals surface area contributed by atoms with E-state index >= 15 is 0 Å². The van der Waals surface area contributed by atoms with Crippen molar-refractivity contribution in [1.82, 2.24) is 4.98 Å². The highest BCUT2D eigenvalue weighted by Crippen LogP contribution is 2.39. The summed E-state index contributed by atoms with van der Waals surface area (Å²) in [7, 11) is -1.11. The van der Waals surface area contributed by atoms with Gasteiger partial charge >= 0.3 is 0 Å². The number of rotatable bonds is 5. The SMILES string of the molecule is CCCS(=O)c1sc2nc(-c3cccs3)cc(CO)c2c1N. The van der Waals surface area contributed by atoms with Crippen molar-refractivity contribution < 1.29 is 9.32 Å². The molecule has 3 N–H and O–H groups in total. The van der Waals surface area contributed by atoms with Gasteiger partial charge in [-0.1, -0.05) is 13.0 Å². The molecule has 3 aromatic heterocycles. The molecule has 7 heteroatoms. The number of hydrogen-bond donors (Lipinski definition) is 2. The summed E-state index contributed by atoms with van der Waals surface area (Å²) in [5.74, 6) is 0.587. The highest BCUT2D eigenvalue weighted by atomic mass is 32.2. The second-order valence-corrected chi connectivity index (χ2v) is 8.55. The molecule has 116 valence electrons. The molecule has 3 rings (SSSR count). The van der Waals surface area contributed by atoms with E-state index in [4.69, 9.17) is 5.73 Å². The van der Waals surface area contributed by atoms with Crippen LogP contribution in [-0.2, 0) is 17.4 Å². The number of aliphatic hydroxyl groups is 1. The van der Waals surface area contributed by atoms with Crippen LogP contribution in [0.15, 0.2) is 27.8 Å². The first kappa shape index (κ1) is 15.6. The summed E-state index contributed by atoms with van der Waals surface area (Å²) in [6, 6.07) is 5.83. The molecule has 0 aliphatic carbocycles. The molecule has 3 aromatic rings. The van der Waals surface area contributed by atoms with Gasteiger partial charge in [0.05, 0.1) is 33.7 Å². The molecule has 0 aliphatic rings. The fourth-order valence-corrected chi connectivity index (χ4v) is 5.62. The smallest absolute Gasteiger partial charge is 0.127 e. The number of nitrogens with zero attached hydrogens (tertiary/aromatic N) is 1. The van der Waals surface area contributed by atoms with Crippen LogP contribution in [0.5, 0.6) is 0 Å². The van der Waals surface area contributed by atoms with Gasteiger partial charge in [0.25, 0.3) is 0 Å².